The van der Waals surface area contributed by atoms with Crippen LogP contribution >= 0.6 is 0 Å². The number of nitrogens with one attached hydrogen (secondary N) is 1. The summed E-state index contributed by atoms with van der Waals surface area (Å²) in [5, 5.41) is 3.75. The molecule has 1 saturated carbocycles. The number of hydrogen-bond donors (Lipinski definition) is 1. The summed E-state index contributed by atoms with van der Waals surface area (Å²) in [6, 6.07) is 1.93. The quantitative estimate of drug-likeness (QED) is 0.749. The zero-order chi connectivity index (χ0) is 12.1. The van der Waals surface area contributed by atoms with Gasteiger partial charge in [0.05, 0.1) is 6.61 Å². The highest BCUT2D eigenvalue weighted by atomic mass is 16.5. The molecule has 96 valence electrons. The summed E-state index contributed by atoms with van der Waals surface area (Å²) in [5.41, 5.74) is 0. The third-order valence-electron chi connectivity index (χ3n) is 3.74. The molecular weight excluding hydrogens is 200 g/mol. The molecule has 1 N–H and O–H groups in total. The molecule has 0 heterocycles. The van der Waals surface area contributed by atoms with E-state index in [1.165, 1.54) is 19.3 Å². The second kappa shape index (κ2) is 6.58. The molecule has 0 aromatic rings. The van der Waals surface area contributed by atoms with E-state index in [4.69, 9.17) is 4.74 Å². The van der Waals surface area contributed by atoms with Crippen LogP contribution in [0.4, 0.5) is 0 Å². The summed E-state index contributed by atoms with van der Waals surface area (Å²) in [5.74, 6) is 0.637. The molecule has 1 fully saturated rings. The molecule has 0 aromatic carbocycles. The Hall–Kier alpha value is -0.120. The molecule has 1 aliphatic rings. The van der Waals surface area contributed by atoms with Gasteiger partial charge in [-0.1, -0.05) is 13.8 Å². The van der Waals surface area contributed by atoms with Crippen LogP contribution in [0.2, 0.25) is 0 Å². The van der Waals surface area contributed by atoms with Crippen molar-refractivity contribution < 1.29 is 4.74 Å². The van der Waals surface area contributed by atoms with Gasteiger partial charge < -0.3 is 15.0 Å². The summed E-state index contributed by atoms with van der Waals surface area (Å²) < 4.78 is 5.28. The van der Waals surface area contributed by atoms with Crippen molar-refractivity contribution in [3.8, 4) is 0 Å². The van der Waals surface area contributed by atoms with Gasteiger partial charge in [0, 0.05) is 25.2 Å². The van der Waals surface area contributed by atoms with Gasteiger partial charge in [0.1, 0.15) is 0 Å². The Morgan fingerprint density at radius 2 is 2.00 bits per heavy atom. The molecule has 0 amide bonds. The van der Waals surface area contributed by atoms with Crippen LogP contribution in [0.25, 0.3) is 0 Å². The lowest BCUT2D eigenvalue weighted by Crippen LogP contribution is -2.43. The van der Waals surface area contributed by atoms with E-state index in [-0.39, 0.29) is 0 Å². The Balaban J connectivity index is 2.36. The highest BCUT2D eigenvalue weighted by Gasteiger charge is 2.28. The molecule has 0 spiro atoms. The van der Waals surface area contributed by atoms with Gasteiger partial charge in [-0.25, -0.2) is 0 Å². The smallest absolute Gasteiger partial charge is 0.0618 e. The van der Waals surface area contributed by atoms with Gasteiger partial charge in [0.2, 0.25) is 0 Å². The van der Waals surface area contributed by atoms with Crippen LogP contribution in [-0.4, -0.2) is 50.8 Å². The maximum Gasteiger partial charge on any atom is 0.0618 e. The average Bonchev–Trinajstić information content (AvgIpc) is 2.65. The summed E-state index contributed by atoms with van der Waals surface area (Å²) in [7, 11) is 6.15. The summed E-state index contributed by atoms with van der Waals surface area (Å²) in [6.07, 6.45) is 3.90. The van der Waals surface area contributed by atoms with Crippen LogP contribution in [-0.2, 0) is 4.74 Å². The molecule has 0 aromatic heterocycles. The van der Waals surface area contributed by atoms with Crippen LogP contribution in [0.5, 0.6) is 0 Å². The van der Waals surface area contributed by atoms with Gasteiger partial charge >= 0.3 is 0 Å². The van der Waals surface area contributed by atoms with Gasteiger partial charge in [-0.3, -0.25) is 0 Å². The van der Waals surface area contributed by atoms with E-state index in [9.17, 15) is 0 Å². The summed E-state index contributed by atoms with van der Waals surface area (Å²) >= 11 is 0. The van der Waals surface area contributed by atoms with E-state index in [0.29, 0.717) is 18.0 Å². The van der Waals surface area contributed by atoms with E-state index in [1.807, 2.05) is 0 Å². The van der Waals surface area contributed by atoms with E-state index >= 15 is 0 Å². The minimum atomic E-state index is 0.496. The lowest BCUT2D eigenvalue weighted by atomic mass is 10.0. The van der Waals surface area contributed by atoms with Crippen LogP contribution in [0.3, 0.4) is 0 Å². The Labute approximate surface area is 101 Å². The third-order valence-corrected chi connectivity index (χ3v) is 3.74. The van der Waals surface area contributed by atoms with Gasteiger partial charge in [0.15, 0.2) is 0 Å². The first kappa shape index (κ1) is 13.9. The molecule has 3 nitrogen and oxygen atoms in total. The normalized spacial score (nSPS) is 27.9. The van der Waals surface area contributed by atoms with E-state index in [0.717, 1.165) is 12.6 Å². The van der Waals surface area contributed by atoms with Crippen molar-refractivity contribution in [3.05, 3.63) is 0 Å². The average molecular weight is 228 g/mol. The Bertz CT molecular complexity index is 194. The molecule has 0 bridgehead atoms. The minimum Gasteiger partial charge on any atom is -0.383 e. The van der Waals surface area contributed by atoms with Crippen LogP contribution in [0, 0.1) is 5.92 Å². The molecule has 3 heteroatoms. The van der Waals surface area contributed by atoms with Crippen molar-refractivity contribution in [2.45, 2.75) is 51.2 Å². The molecular formula is C13H28N2O. The minimum absolute atomic E-state index is 0.496. The second-order valence-electron chi connectivity index (χ2n) is 5.60. The van der Waals surface area contributed by atoms with Crippen LogP contribution < -0.4 is 5.32 Å². The molecule has 16 heavy (non-hydrogen) atoms. The number of nitrogens with zero attached hydrogens (tertiary/aromatic N) is 1. The highest BCUT2D eigenvalue weighted by molar-refractivity contribution is 4.87. The van der Waals surface area contributed by atoms with Gasteiger partial charge in [-0.2, -0.15) is 0 Å². The molecule has 0 radical (unpaired) electrons. The van der Waals surface area contributed by atoms with E-state index < -0.39 is 0 Å². The van der Waals surface area contributed by atoms with Crippen molar-refractivity contribution in [1.29, 1.82) is 0 Å². The fourth-order valence-corrected chi connectivity index (χ4v) is 2.49. The Morgan fingerprint density at radius 1 is 1.31 bits per heavy atom. The predicted molar refractivity (Wildman–Crippen MR) is 68.8 cm³/mol. The molecule has 1 aliphatic carbocycles. The first-order valence-electron chi connectivity index (χ1n) is 6.46. The second-order valence-corrected chi connectivity index (χ2v) is 5.60. The number of hydrogen-bond acceptors (Lipinski definition) is 3. The first-order chi connectivity index (χ1) is 7.54. The number of ether oxygens (including phenoxy) is 1. The fraction of sp³-hybridized carbons (Fsp3) is 1.00. The Morgan fingerprint density at radius 3 is 2.44 bits per heavy atom. The van der Waals surface area contributed by atoms with Crippen LogP contribution in [0.15, 0.2) is 0 Å². The topological polar surface area (TPSA) is 24.5 Å². The highest BCUT2D eigenvalue weighted by Crippen LogP contribution is 2.23. The van der Waals surface area contributed by atoms with E-state index in [2.05, 4.69) is 38.2 Å². The van der Waals surface area contributed by atoms with Crippen molar-refractivity contribution in [2.75, 3.05) is 27.8 Å². The van der Waals surface area contributed by atoms with E-state index in [1.54, 1.807) is 7.11 Å². The maximum absolute atomic E-state index is 5.28. The van der Waals surface area contributed by atoms with Crippen molar-refractivity contribution in [3.63, 3.8) is 0 Å². The molecule has 3 unspecified atom stereocenters. The third kappa shape index (κ3) is 4.04. The van der Waals surface area contributed by atoms with Gasteiger partial charge in [0.25, 0.3) is 0 Å². The lowest BCUT2D eigenvalue weighted by molar-refractivity contribution is 0.139. The molecule has 1 rings (SSSR count). The number of rotatable bonds is 6. The molecule has 0 aliphatic heterocycles. The Kier molecular flexibility index (Phi) is 5.73. The standard InChI is InChI=1S/C13H28N2O/c1-10(2)13(9-16-5)14-11-6-7-12(8-11)15(3)4/h10-14H,6-9H2,1-5H3. The van der Waals surface area contributed by atoms with Crippen molar-refractivity contribution in [1.82, 2.24) is 10.2 Å². The van der Waals surface area contributed by atoms with Gasteiger partial charge in [-0.15, -0.1) is 0 Å². The van der Waals surface area contributed by atoms with Crippen molar-refractivity contribution in [2.24, 2.45) is 5.92 Å². The summed E-state index contributed by atoms with van der Waals surface area (Å²) in [6.45, 7) is 5.34. The maximum atomic E-state index is 5.28. The fourth-order valence-electron chi connectivity index (χ4n) is 2.49. The van der Waals surface area contributed by atoms with Crippen molar-refractivity contribution >= 4 is 0 Å². The zero-order valence-electron chi connectivity index (χ0n) is 11.5. The first-order valence-corrected chi connectivity index (χ1v) is 6.46. The lowest BCUT2D eigenvalue weighted by Gasteiger charge is -2.26. The van der Waals surface area contributed by atoms with Gasteiger partial charge in [-0.05, 0) is 39.3 Å². The SMILES string of the molecule is COCC(NC1CCC(N(C)C)C1)C(C)C. The number of methoxy groups -OCH3 is 1. The summed E-state index contributed by atoms with van der Waals surface area (Å²) in [4.78, 5) is 2.35. The predicted octanol–water partition coefficient (Wildman–Crippen LogP) is 1.73. The molecule has 0 saturated heterocycles. The largest absolute Gasteiger partial charge is 0.383 e. The zero-order valence-corrected chi connectivity index (χ0v) is 11.5. The van der Waals surface area contributed by atoms with Crippen LogP contribution in [0.1, 0.15) is 33.1 Å². The monoisotopic (exact) mass is 228 g/mol. The molecule has 3 atom stereocenters.